The highest BCUT2D eigenvalue weighted by Gasteiger charge is 2.53. The molecule has 4 aromatic heterocycles. The van der Waals surface area contributed by atoms with E-state index < -0.39 is 17.5 Å². The van der Waals surface area contributed by atoms with Crippen molar-refractivity contribution in [3.05, 3.63) is 72.4 Å². The van der Waals surface area contributed by atoms with Gasteiger partial charge in [-0.3, -0.25) is 19.8 Å². The fourth-order valence-corrected chi connectivity index (χ4v) is 5.57. The van der Waals surface area contributed by atoms with Crippen molar-refractivity contribution < 1.29 is 23.1 Å². The van der Waals surface area contributed by atoms with Gasteiger partial charge in [0.25, 0.3) is 0 Å². The van der Waals surface area contributed by atoms with E-state index in [0.29, 0.717) is 39.3 Å². The molecule has 226 valence electrons. The van der Waals surface area contributed by atoms with Gasteiger partial charge in [0.2, 0.25) is 11.8 Å². The van der Waals surface area contributed by atoms with Gasteiger partial charge in [0.1, 0.15) is 23.4 Å². The van der Waals surface area contributed by atoms with E-state index >= 15 is 4.39 Å². The number of pyridine rings is 2. The predicted octanol–water partition coefficient (Wildman–Crippen LogP) is 6.47. The number of aryl methyl sites for hydroxylation is 2. The number of oxazole rings is 1. The van der Waals surface area contributed by atoms with Crippen LogP contribution in [0.4, 0.5) is 20.7 Å². The van der Waals surface area contributed by atoms with Crippen molar-refractivity contribution in [2.75, 3.05) is 10.6 Å². The Balaban J connectivity index is 1.37. The van der Waals surface area contributed by atoms with E-state index in [1.54, 1.807) is 49.8 Å². The summed E-state index contributed by atoms with van der Waals surface area (Å²) in [6, 6.07) is 5.06. The molecule has 0 bridgehead atoms. The summed E-state index contributed by atoms with van der Waals surface area (Å²) in [6.45, 7) is 9.01. The number of rotatable bonds is 6. The zero-order chi connectivity index (χ0) is 31.3. The van der Waals surface area contributed by atoms with Crippen molar-refractivity contribution in [2.24, 2.45) is 18.9 Å². The first-order valence-corrected chi connectivity index (χ1v) is 14.2. The second-order valence-corrected chi connectivity index (χ2v) is 12.1. The molecule has 1 aliphatic carbocycles. The summed E-state index contributed by atoms with van der Waals surface area (Å²) in [5.41, 5.74) is 2.03. The Bertz CT molecular complexity index is 1890. The quantitative estimate of drug-likeness (QED) is 0.227. The van der Waals surface area contributed by atoms with Gasteiger partial charge in [-0.15, -0.1) is 0 Å². The summed E-state index contributed by atoms with van der Waals surface area (Å²) < 4.78 is 28.8. The Morgan fingerprint density at radius 1 is 1.05 bits per heavy atom. The topological polar surface area (TPSA) is 137 Å². The summed E-state index contributed by atoms with van der Waals surface area (Å²) in [5, 5.41) is 10.6. The molecule has 0 radical (unpaired) electrons. The normalized spacial score (nSPS) is 17.8. The molecule has 0 aliphatic heterocycles. The van der Waals surface area contributed by atoms with Crippen LogP contribution in [0.5, 0.6) is 0 Å². The van der Waals surface area contributed by atoms with Crippen molar-refractivity contribution >= 4 is 34.3 Å². The van der Waals surface area contributed by atoms with Crippen LogP contribution in [0.3, 0.4) is 0 Å². The van der Waals surface area contributed by atoms with Crippen LogP contribution in [0.25, 0.3) is 33.5 Å². The van der Waals surface area contributed by atoms with Gasteiger partial charge in [-0.2, -0.15) is 5.10 Å². The summed E-state index contributed by atoms with van der Waals surface area (Å²) >= 11 is 0. The number of benzene rings is 1. The van der Waals surface area contributed by atoms with Gasteiger partial charge in [0.05, 0.1) is 18.1 Å². The van der Waals surface area contributed by atoms with Crippen LogP contribution in [-0.4, -0.2) is 42.3 Å². The van der Waals surface area contributed by atoms with E-state index in [1.807, 2.05) is 27.1 Å². The number of ether oxygens (including phenoxy) is 1. The van der Waals surface area contributed by atoms with E-state index in [0.717, 1.165) is 5.56 Å². The molecule has 12 heteroatoms. The minimum absolute atomic E-state index is 0.0734. The molecule has 3 atom stereocenters. The monoisotopic (exact) mass is 597 g/mol. The van der Waals surface area contributed by atoms with E-state index in [4.69, 9.17) is 9.15 Å². The predicted molar refractivity (Wildman–Crippen MR) is 162 cm³/mol. The summed E-state index contributed by atoms with van der Waals surface area (Å²) in [5.74, 6) is -0.184. The summed E-state index contributed by atoms with van der Waals surface area (Å²) in [4.78, 5) is 39.0. The van der Waals surface area contributed by atoms with E-state index in [9.17, 15) is 9.59 Å². The largest absolute Gasteiger partial charge is 0.444 e. The zero-order valence-electron chi connectivity index (χ0n) is 25.2. The van der Waals surface area contributed by atoms with Crippen LogP contribution in [0.2, 0.25) is 0 Å². The number of hydrogen-bond donors (Lipinski definition) is 2. The maximum Gasteiger partial charge on any atom is 0.412 e. The van der Waals surface area contributed by atoms with Crippen LogP contribution in [0.15, 0.2) is 59.9 Å². The van der Waals surface area contributed by atoms with Crippen LogP contribution >= 0.6 is 0 Å². The number of halogens is 1. The van der Waals surface area contributed by atoms with E-state index in [1.165, 1.54) is 24.9 Å². The maximum atomic E-state index is 16.3. The number of fused-ring (bicyclic) bond motifs is 1. The van der Waals surface area contributed by atoms with Crippen molar-refractivity contribution in [1.29, 1.82) is 0 Å². The Kier molecular flexibility index (Phi) is 7.14. The molecular weight excluding hydrogens is 565 g/mol. The highest BCUT2D eigenvalue weighted by Crippen LogP contribution is 2.54. The van der Waals surface area contributed by atoms with Gasteiger partial charge in [0.15, 0.2) is 5.82 Å². The molecule has 1 saturated carbocycles. The molecular formula is C32H32FN7O4. The number of amides is 2. The van der Waals surface area contributed by atoms with Crippen LogP contribution < -0.4 is 10.6 Å². The molecule has 0 spiro atoms. The summed E-state index contributed by atoms with van der Waals surface area (Å²) in [7, 11) is 1.84. The highest BCUT2D eigenvalue weighted by molar-refractivity contribution is 6.05. The number of nitrogens with zero attached hydrogens (tertiary/aromatic N) is 5. The van der Waals surface area contributed by atoms with Gasteiger partial charge < -0.3 is 14.5 Å². The molecule has 1 aromatic carbocycles. The van der Waals surface area contributed by atoms with Gasteiger partial charge in [0, 0.05) is 54.0 Å². The standard InChI is InChI=1S/C32H32FN7O4/c1-16-9-23(30-34-7-8-43-30)35-13-21(16)20-10-18-11-24(38-29(41)26-17(2)25(26)19-12-37-40(6)15-19)36-14-22(18)28(27(20)33)39-31(42)44-32(3,4)5/h7-15,17,25-26H,1-6H3,(H,39,42)(H,36,38,41). The molecule has 1 fully saturated rings. The lowest BCUT2D eigenvalue weighted by atomic mass is 9.97. The number of carbonyl (C=O) groups excluding carboxylic acids is 2. The van der Waals surface area contributed by atoms with Gasteiger partial charge in [-0.05, 0) is 68.3 Å². The molecule has 2 amide bonds. The average Bonchev–Trinajstić information content (AvgIpc) is 3.28. The molecule has 1 aliphatic rings. The lowest BCUT2D eigenvalue weighted by molar-refractivity contribution is -0.117. The third-order valence-corrected chi connectivity index (χ3v) is 7.68. The third kappa shape index (κ3) is 5.62. The minimum atomic E-state index is -0.814. The average molecular weight is 598 g/mol. The van der Waals surface area contributed by atoms with E-state index in [-0.39, 0.29) is 34.9 Å². The molecule has 4 heterocycles. The SMILES string of the molecule is Cc1cc(-c2ncco2)ncc1-c1cc2cc(NC(=O)C3C(C)C3c3cnn(C)c3)ncc2c(NC(=O)OC(C)(C)C)c1F. The van der Waals surface area contributed by atoms with Crippen molar-refractivity contribution in [3.63, 3.8) is 0 Å². The van der Waals surface area contributed by atoms with Crippen LogP contribution in [0, 0.1) is 24.6 Å². The zero-order valence-corrected chi connectivity index (χ0v) is 25.2. The number of carbonyl (C=O) groups is 2. The lowest BCUT2D eigenvalue weighted by Crippen LogP contribution is -2.27. The fourth-order valence-electron chi connectivity index (χ4n) is 5.57. The molecule has 5 aromatic rings. The Labute approximate surface area is 252 Å². The summed E-state index contributed by atoms with van der Waals surface area (Å²) in [6.07, 6.45) is 8.82. The Morgan fingerprint density at radius 2 is 1.84 bits per heavy atom. The number of aromatic nitrogens is 5. The minimum Gasteiger partial charge on any atom is -0.444 e. The highest BCUT2D eigenvalue weighted by atomic mass is 19.1. The van der Waals surface area contributed by atoms with Crippen molar-refractivity contribution in [3.8, 4) is 22.7 Å². The number of hydrogen-bond acceptors (Lipinski definition) is 8. The smallest absolute Gasteiger partial charge is 0.412 e. The first kappa shape index (κ1) is 29.0. The first-order chi connectivity index (χ1) is 20.9. The van der Waals surface area contributed by atoms with E-state index in [2.05, 4.69) is 30.7 Å². The number of anilines is 2. The molecule has 6 rings (SSSR count). The Hall–Kier alpha value is -5.13. The first-order valence-electron chi connectivity index (χ1n) is 14.2. The second-order valence-electron chi connectivity index (χ2n) is 12.1. The molecule has 2 N–H and O–H groups in total. The molecule has 11 nitrogen and oxygen atoms in total. The molecule has 0 saturated heterocycles. The maximum absolute atomic E-state index is 16.3. The lowest BCUT2D eigenvalue weighted by Gasteiger charge is -2.21. The van der Waals surface area contributed by atoms with Gasteiger partial charge >= 0.3 is 6.09 Å². The van der Waals surface area contributed by atoms with Crippen LogP contribution in [0.1, 0.15) is 44.7 Å². The van der Waals surface area contributed by atoms with Gasteiger partial charge in [-0.1, -0.05) is 6.92 Å². The van der Waals surface area contributed by atoms with Crippen molar-refractivity contribution in [2.45, 2.75) is 46.1 Å². The Morgan fingerprint density at radius 3 is 2.50 bits per heavy atom. The third-order valence-electron chi connectivity index (χ3n) is 7.68. The van der Waals surface area contributed by atoms with Crippen LogP contribution in [-0.2, 0) is 16.6 Å². The van der Waals surface area contributed by atoms with Gasteiger partial charge in [-0.25, -0.2) is 19.2 Å². The molecule has 44 heavy (non-hydrogen) atoms. The second kappa shape index (κ2) is 10.9. The number of nitrogens with one attached hydrogen (secondary N) is 2. The van der Waals surface area contributed by atoms with Crippen molar-refractivity contribution in [1.82, 2.24) is 24.7 Å². The molecule has 3 unspecified atom stereocenters. The fraction of sp³-hybridized carbons (Fsp3) is 0.312.